The zero-order chi connectivity index (χ0) is 43.1. The Bertz CT molecular complexity index is 2420. The molecule has 14 nitrogen and oxygen atoms in total. The van der Waals surface area contributed by atoms with Crippen LogP contribution in [0.2, 0.25) is 0 Å². The van der Waals surface area contributed by atoms with Gasteiger partial charge < -0.3 is 14.0 Å². The molecule has 60 heavy (non-hydrogen) atoms. The Balaban J connectivity index is 1.27. The molecule has 5 heterocycles. The summed E-state index contributed by atoms with van der Waals surface area (Å²) in [4.78, 5) is 38.0. The summed E-state index contributed by atoms with van der Waals surface area (Å²) in [6, 6.07) is 14.8. The summed E-state index contributed by atoms with van der Waals surface area (Å²) in [5, 5.41) is 26.9. The molecule has 2 unspecified atom stereocenters. The van der Waals surface area contributed by atoms with Gasteiger partial charge in [0.05, 0.1) is 33.3 Å². The van der Waals surface area contributed by atoms with Crippen LogP contribution < -0.4 is 5.43 Å². The van der Waals surface area contributed by atoms with Crippen LogP contribution in [-0.2, 0) is 25.9 Å². The molecule has 2 amide bonds. The number of nitrogens with zero attached hydrogens (tertiary/aromatic N) is 9. The van der Waals surface area contributed by atoms with Gasteiger partial charge in [-0.15, -0.1) is 20.4 Å². The van der Waals surface area contributed by atoms with E-state index in [4.69, 9.17) is 9.47 Å². The summed E-state index contributed by atoms with van der Waals surface area (Å²) in [5.74, 6) is -1.71. The minimum absolute atomic E-state index is 0.0459. The summed E-state index contributed by atoms with van der Waals surface area (Å²) >= 11 is 0. The fraction of sp³-hybridized carbons (Fsp3) is 0.419. The molecule has 5 aromatic heterocycles. The van der Waals surface area contributed by atoms with Gasteiger partial charge in [0.25, 0.3) is 0 Å². The average Bonchev–Trinajstić information content (AvgIpc) is 3.66. The number of halogens is 3. The van der Waals surface area contributed by atoms with Gasteiger partial charge >= 0.3 is 12.2 Å². The van der Waals surface area contributed by atoms with Crippen LogP contribution in [0.1, 0.15) is 115 Å². The van der Waals surface area contributed by atoms with Crippen molar-refractivity contribution >= 4 is 12.2 Å². The average molecular weight is 823 g/mol. The predicted molar refractivity (Wildman–Crippen MR) is 209 cm³/mol. The number of carbonyl (C=O) groups is 2. The summed E-state index contributed by atoms with van der Waals surface area (Å²) in [6.07, 6.45) is 5.44. The molecule has 2 saturated carbocycles. The lowest BCUT2D eigenvalue weighted by atomic mass is 9.49. The quantitative estimate of drug-likeness (QED) is 0.142. The van der Waals surface area contributed by atoms with Gasteiger partial charge in [0.1, 0.15) is 29.1 Å². The molecule has 312 valence electrons. The van der Waals surface area contributed by atoms with E-state index in [2.05, 4.69) is 41.9 Å². The van der Waals surface area contributed by atoms with Crippen LogP contribution in [0.25, 0.3) is 5.82 Å². The molecule has 0 radical (unpaired) electrons. The molecule has 2 aliphatic rings. The molecule has 1 N–H and O–H groups in total. The maximum Gasteiger partial charge on any atom is 0.430 e. The molecule has 7 rings (SSSR count). The number of pyridine rings is 2. The standard InChI is InChI=1S/C43H45F3N10O4/c1-39(2,3)43(31-14-15-32(46)52-51-31,42(20-10-21-42)35-29(45)12-8-23-49-35)60-38(58)56(40(4,5)6)54-37(57)59-36(41(18-9-19-41)34-28(44)11-7-22-48-34)30-13-16-33(53-50-30)55-24-17-27(25-47)26-55/h7-8,11-17,22-24,26,36H,9-10,18-21H2,1-6H3,(H,54,57). The third-order valence-electron chi connectivity index (χ3n) is 11.7. The molecular formula is C43H45F3N10O4. The molecule has 17 heteroatoms. The predicted octanol–water partition coefficient (Wildman–Crippen LogP) is 8.24. The van der Waals surface area contributed by atoms with Crippen LogP contribution in [-0.4, -0.2) is 57.7 Å². The molecule has 2 aliphatic carbocycles. The molecule has 5 aromatic rings. The van der Waals surface area contributed by atoms with Gasteiger partial charge in [-0.05, 0) is 101 Å². The summed E-state index contributed by atoms with van der Waals surface area (Å²) in [6.45, 7) is 10.3. The summed E-state index contributed by atoms with van der Waals surface area (Å²) < 4.78 is 60.3. The summed E-state index contributed by atoms with van der Waals surface area (Å²) in [7, 11) is 0. The highest BCUT2D eigenvalue weighted by molar-refractivity contribution is 5.75. The van der Waals surface area contributed by atoms with Crippen LogP contribution >= 0.6 is 0 Å². The topological polar surface area (TPSA) is 174 Å². The number of ether oxygens (including phenoxy) is 2. The number of rotatable bonds is 9. The van der Waals surface area contributed by atoms with Crippen molar-refractivity contribution in [3.8, 4) is 11.9 Å². The second-order valence-corrected chi connectivity index (χ2v) is 17.3. The second-order valence-electron chi connectivity index (χ2n) is 17.3. The highest BCUT2D eigenvalue weighted by Crippen LogP contribution is 2.63. The van der Waals surface area contributed by atoms with E-state index in [-0.39, 0.29) is 22.8 Å². The maximum atomic E-state index is 15.9. The Morgan fingerprint density at radius 1 is 0.850 bits per heavy atom. The van der Waals surface area contributed by atoms with Gasteiger partial charge in [-0.1, -0.05) is 33.6 Å². The number of nitrogens with one attached hydrogen (secondary N) is 1. The van der Waals surface area contributed by atoms with Gasteiger partial charge in [0, 0.05) is 30.2 Å². The minimum atomic E-state index is -1.83. The number of nitriles is 1. The van der Waals surface area contributed by atoms with E-state index in [9.17, 15) is 19.2 Å². The molecule has 0 bridgehead atoms. The van der Waals surface area contributed by atoms with Crippen molar-refractivity contribution in [2.45, 2.75) is 108 Å². The largest absolute Gasteiger partial charge is 0.437 e. The SMILES string of the molecule is CC(C)(C)N(NC(=O)OC(c1ccc(-n2ccc(C#N)c2)nn1)C1(c2ncccc2F)CCC1)C(=O)OC(c1ccc(F)nn1)(C(C)(C)C)C1(c2ncccc2F)CCC1. The number of hydrazine groups is 1. The number of aromatic nitrogens is 7. The monoisotopic (exact) mass is 822 g/mol. The minimum Gasteiger partial charge on any atom is -0.437 e. The molecule has 0 aliphatic heterocycles. The van der Waals surface area contributed by atoms with Crippen molar-refractivity contribution in [1.29, 1.82) is 5.26 Å². The molecule has 2 atom stereocenters. The second kappa shape index (κ2) is 15.6. The molecular weight excluding hydrogens is 778 g/mol. The van der Waals surface area contributed by atoms with Crippen LogP contribution in [0, 0.1) is 34.3 Å². The van der Waals surface area contributed by atoms with Crippen molar-refractivity contribution in [2.75, 3.05) is 0 Å². The molecule has 0 aromatic carbocycles. The van der Waals surface area contributed by atoms with Crippen LogP contribution in [0.15, 0.2) is 79.4 Å². The third-order valence-corrected chi connectivity index (χ3v) is 11.7. The van der Waals surface area contributed by atoms with Gasteiger partial charge in [-0.3, -0.25) is 9.97 Å². The van der Waals surface area contributed by atoms with E-state index < -0.39 is 63.3 Å². The van der Waals surface area contributed by atoms with E-state index in [1.807, 2.05) is 0 Å². The van der Waals surface area contributed by atoms with E-state index in [0.717, 1.165) is 11.1 Å². The van der Waals surface area contributed by atoms with E-state index in [1.54, 1.807) is 76.7 Å². The van der Waals surface area contributed by atoms with Crippen LogP contribution in [0.4, 0.5) is 22.8 Å². The normalized spacial score (nSPS) is 17.1. The molecule has 0 spiro atoms. The number of hydrogen-bond donors (Lipinski definition) is 1. The first-order valence-electron chi connectivity index (χ1n) is 19.6. The molecule has 0 saturated heterocycles. The first kappa shape index (κ1) is 41.7. The van der Waals surface area contributed by atoms with Gasteiger partial charge in [-0.2, -0.15) is 9.65 Å². The summed E-state index contributed by atoms with van der Waals surface area (Å²) in [5.41, 5.74) is -3.18. The van der Waals surface area contributed by atoms with Gasteiger partial charge in [0.2, 0.25) is 5.95 Å². The highest BCUT2D eigenvalue weighted by Gasteiger charge is 2.68. The smallest absolute Gasteiger partial charge is 0.430 e. The lowest BCUT2D eigenvalue weighted by Gasteiger charge is -2.59. The van der Waals surface area contributed by atoms with Gasteiger partial charge in [0.15, 0.2) is 17.5 Å². The Morgan fingerprint density at radius 2 is 1.52 bits per heavy atom. The zero-order valence-electron chi connectivity index (χ0n) is 34.1. The lowest BCUT2D eigenvalue weighted by molar-refractivity contribution is -0.175. The highest BCUT2D eigenvalue weighted by atomic mass is 19.1. The van der Waals surface area contributed by atoms with Crippen molar-refractivity contribution in [3.05, 3.63) is 125 Å². The van der Waals surface area contributed by atoms with E-state index in [1.165, 1.54) is 42.7 Å². The van der Waals surface area contributed by atoms with Crippen molar-refractivity contribution in [3.63, 3.8) is 0 Å². The Kier molecular flexibility index (Phi) is 10.9. The fourth-order valence-corrected chi connectivity index (χ4v) is 8.67. The molecule has 2 fully saturated rings. The first-order chi connectivity index (χ1) is 28.5. The number of carbonyl (C=O) groups excluding carboxylic acids is 2. The maximum absolute atomic E-state index is 15.9. The number of amides is 2. The van der Waals surface area contributed by atoms with Gasteiger partial charge in [-0.25, -0.2) is 28.8 Å². The first-order valence-corrected chi connectivity index (χ1v) is 19.6. The van der Waals surface area contributed by atoms with Crippen molar-refractivity contribution in [2.24, 2.45) is 5.41 Å². The lowest BCUT2D eigenvalue weighted by Crippen LogP contribution is -2.66. The van der Waals surface area contributed by atoms with Crippen molar-refractivity contribution < 1.29 is 32.2 Å². The van der Waals surface area contributed by atoms with E-state index >= 15 is 8.78 Å². The van der Waals surface area contributed by atoms with Crippen LogP contribution in [0.5, 0.6) is 0 Å². The Hall–Kier alpha value is -6.44. The third kappa shape index (κ3) is 7.17. The Labute approximate surface area is 345 Å². The van der Waals surface area contributed by atoms with E-state index in [0.29, 0.717) is 49.9 Å². The van der Waals surface area contributed by atoms with Crippen LogP contribution in [0.3, 0.4) is 0 Å². The fourth-order valence-electron chi connectivity index (χ4n) is 8.67. The van der Waals surface area contributed by atoms with Crippen molar-refractivity contribution in [1.82, 2.24) is 45.4 Å². The Morgan fingerprint density at radius 3 is 2.00 bits per heavy atom. The number of hydrogen-bond acceptors (Lipinski definition) is 11. The zero-order valence-corrected chi connectivity index (χ0v) is 34.1.